The van der Waals surface area contributed by atoms with Crippen molar-refractivity contribution in [3.63, 3.8) is 0 Å². The number of carboxylic acids is 1. The molecular weight excluding hydrogens is 448 g/mol. The summed E-state index contributed by atoms with van der Waals surface area (Å²) >= 11 is 0. The van der Waals surface area contributed by atoms with E-state index in [4.69, 9.17) is 18.6 Å². The number of carbonyl (C=O) groups excluding carboxylic acids is 2. The smallest absolute Gasteiger partial charge is 0.408 e. The number of nitrogens with one attached hydrogen (secondary N) is 2. The van der Waals surface area contributed by atoms with Crippen molar-refractivity contribution in [2.75, 3.05) is 20.8 Å². The first kappa shape index (κ1) is 26.5. The van der Waals surface area contributed by atoms with Crippen LogP contribution in [0.1, 0.15) is 50.4 Å². The Morgan fingerprint density at radius 3 is 2.29 bits per heavy atom. The van der Waals surface area contributed by atoms with E-state index in [1.165, 1.54) is 26.4 Å². The highest BCUT2D eigenvalue weighted by Gasteiger charge is 2.23. The van der Waals surface area contributed by atoms with Gasteiger partial charge in [0.25, 0.3) is 5.91 Å². The Morgan fingerprint density at radius 1 is 1.06 bits per heavy atom. The van der Waals surface area contributed by atoms with E-state index in [1.807, 2.05) is 0 Å². The largest absolute Gasteiger partial charge is 0.493 e. The van der Waals surface area contributed by atoms with Crippen LogP contribution in [-0.4, -0.2) is 55.5 Å². The minimum absolute atomic E-state index is 0.143. The minimum Gasteiger partial charge on any atom is -0.493 e. The van der Waals surface area contributed by atoms with Gasteiger partial charge in [0.1, 0.15) is 22.8 Å². The van der Waals surface area contributed by atoms with E-state index < -0.39 is 35.2 Å². The van der Waals surface area contributed by atoms with Crippen LogP contribution in [0, 0.1) is 0 Å². The molecule has 186 valence electrons. The molecule has 2 rings (SSSR count). The summed E-state index contributed by atoms with van der Waals surface area (Å²) in [6.45, 7) is 5.22. The van der Waals surface area contributed by atoms with Crippen molar-refractivity contribution in [1.82, 2.24) is 10.6 Å². The van der Waals surface area contributed by atoms with Crippen molar-refractivity contribution in [3.8, 4) is 11.5 Å². The molecule has 34 heavy (non-hydrogen) atoms. The molecule has 2 amide bonds. The number of methoxy groups -OCH3 is 2. The average Bonchev–Trinajstić information content (AvgIpc) is 2.75. The highest BCUT2D eigenvalue weighted by atomic mass is 16.6. The number of unbranched alkanes of at least 4 members (excludes halogenated alkanes) is 1. The van der Waals surface area contributed by atoms with Gasteiger partial charge in [0.05, 0.1) is 14.2 Å². The van der Waals surface area contributed by atoms with Crippen LogP contribution in [0.4, 0.5) is 4.79 Å². The lowest BCUT2D eigenvalue weighted by Gasteiger charge is -2.22. The number of rotatable bonds is 10. The standard InChI is InChI=1S/C23H30N2O9/c1-23(2,3)34-22(30)25-15(20(27)28)8-6-7-9-24-19(26)14-10-13-11-17(31-4)18(32-5)12-16(13)33-21(14)29/h10-12,15H,6-9H2,1-5H3,(H,24,26)(H,25,30)(H,27,28)/t15-/m0/s1. The second-order valence-corrected chi connectivity index (χ2v) is 8.48. The van der Waals surface area contributed by atoms with Crippen LogP contribution in [0.25, 0.3) is 11.0 Å². The topological polar surface area (TPSA) is 153 Å². The summed E-state index contributed by atoms with van der Waals surface area (Å²) in [5, 5.41) is 14.7. The van der Waals surface area contributed by atoms with Gasteiger partial charge in [0.15, 0.2) is 11.5 Å². The lowest BCUT2D eigenvalue weighted by atomic mass is 10.1. The summed E-state index contributed by atoms with van der Waals surface area (Å²) in [5.74, 6) is -0.998. The van der Waals surface area contributed by atoms with Crippen molar-refractivity contribution in [3.05, 3.63) is 34.2 Å². The third-order valence-corrected chi connectivity index (χ3v) is 4.68. The summed E-state index contributed by atoms with van der Waals surface area (Å²) in [4.78, 5) is 47.9. The van der Waals surface area contributed by atoms with Gasteiger partial charge in [-0.3, -0.25) is 4.79 Å². The van der Waals surface area contributed by atoms with Crippen LogP contribution >= 0.6 is 0 Å². The molecular formula is C23H30N2O9. The molecule has 1 aromatic heterocycles. The lowest BCUT2D eigenvalue weighted by molar-refractivity contribution is -0.139. The predicted molar refractivity (Wildman–Crippen MR) is 123 cm³/mol. The molecule has 0 aliphatic heterocycles. The zero-order valence-electron chi connectivity index (χ0n) is 19.9. The monoisotopic (exact) mass is 478 g/mol. The molecule has 0 bridgehead atoms. The molecule has 0 radical (unpaired) electrons. The summed E-state index contributed by atoms with van der Waals surface area (Å²) in [6, 6.07) is 3.38. The molecule has 0 aliphatic carbocycles. The number of carbonyl (C=O) groups is 3. The average molecular weight is 478 g/mol. The van der Waals surface area contributed by atoms with Crippen LogP contribution in [0.3, 0.4) is 0 Å². The third-order valence-electron chi connectivity index (χ3n) is 4.68. The van der Waals surface area contributed by atoms with Crippen molar-refractivity contribution in [2.45, 2.75) is 51.7 Å². The van der Waals surface area contributed by atoms with E-state index >= 15 is 0 Å². The number of benzene rings is 1. The number of hydrogen-bond donors (Lipinski definition) is 3. The zero-order valence-corrected chi connectivity index (χ0v) is 19.9. The van der Waals surface area contributed by atoms with Gasteiger partial charge in [0, 0.05) is 18.0 Å². The van der Waals surface area contributed by atoms with Gasteiger partial charge >= 0.3 is 17.7 Å². The number of fused-ring (bicyclic) bond motifs is 1. The zero-order chi connectivity index (χ0) is 25.5. The maximum absolute atomic E-state index is 12.5. The highest BCUT2D eigenvalue weighted by molar-refractivity contribution is 5.97. The molecule has 0 aliphatic rings. The SMILES string of the molecule is COc1cc2cc(C(=O)NCCCC[C@H](NC(=O)OC(C)(C)C)C(=O)O)c(=O)oc2cc1OC. The number of ether oxygens (including phenoxy) is 3. The second kappa shape index (κ2) is 11.4. The van der Waals surface area contributed by atoms with E-state index in [-0.39, 0.29) is 24.1 Å². The molecule has 0 unspecified atom stereocenters. The first-order valence-electron chi connectivity index (χ1n) is 10.7. The molecule has 0 saturated heterocycles. The number of amides is 2. The van der Waals surface area contributed by atoms with Gasteiger partial charge < -0.3 is 34.4 Å². The van der Waals surface area contributed by atoms with Crippen LogP contribution in [-0.2, 0) is 9.53 Å². The van der Waals surface area contributed by atoms with Gasteiger partial charge in [-0.25, -0.2) is 14.4 Å². The lowest BCUT2D eigenvalue weighted by Crippen LogP contribution is -2.43. The van der Waals surface area contributed by atoms with Gasteiger partial charge in [0.2, 0.25) is 0 Å². The predicted octanol–water partition coefficient (Wildman–Crippen LogP) is 2.69. The summed E-state index contributed by atoms with van der Waals surface area (Å²) in [6.07, 6.45) is 0.154. The van der Waals surface area contributed by atoms with E-state index in [0.717, 1.165) is 0 Å². The molecule has 11 nitrogen and oxygen atoms in total. The number of carboxylic acid groups (broad SMARTS) is 1. The third kappa shape index (κ3) is 7.39. The van der Waals surface area contributed by atoms with Crippen molar-refractivity contribution in [1.29, 1.82) is 0 Å². The van der Waals surface area contributed by atoms with E-state index in [9.17, 15) is 24.3 Å². The second-order valence-electron chi connectivity index (χ2n) is 8.48. The Bertz CT molecular complexity index is 1100. The van der Waals surface area contributed by atoms with Crippen LogP contribution in [0.5, 0.6) is 11.5 Å². The molecule has 1 atom stereocenters. The van der Waals surface area contributed by atoms with Gasteiger partial charge in [-0.1, -0.05) is 0 Å². The Labute approximate surface area is 196 Å². The van der Waals surface area contributed by atoms with Crippen molar-refractivity contribution >= 4 is 28.9 Å². The number of hydrogen-bond acceptors (Lipinski definition) is 8. The van der Waals surface area contributed by atoms with E-state index in [2.05, 4.69) is 10.6 Å². The van der Waals surface area contributed by atoms with Crippen molar-refractivity contribution < 1.29 is 38.1 Å². The van der Waals surface area contributed by atoms with Crippen LogP contribution in [0.2, 0.25) is 0 Å². The first-order valence-corrected chi connectivity index (χ1v) is 10.7. The fourth-order valence-corrected chi connectivity index (χ4v) is 3.08. The maximum Gasteiger partial charge on any atom is 0.408 e. The van der Waals surface area contributed by atoms with Crippen LogP contribution < -0.4 is 25.7 Å². The van der Waals surface area contributed by atoms with Gasteiger partial charge in [-0.15, -0.1) is 0 Å². The Hall–Kier alpha value is -3.76. The summed E-state index contributed by atoms with van der Waals surface area (Å²) < 4.78 is 20.7. The maximum atomic E-state index is 12.5. The molecule has 0 spiro atoms. The molecule has 0 fully saturated rings. The first-order chi connectivity index (χ1) is 15.9. The number of aliphatic carboxylic acids is 1. The molecule has 2 aromatic rings. The highest BCUT2D eigenvalue weighted by Crippen LogP contribution is 2.31. The Morgan fingerprint density at radius 2 is 1.71 bits per heavy atom. The molecule has 3 N–H and O–H groups in total. The van der Waals surface area contributed by atoms with Gasteiger partial charge in [-0.05, 0) is 52.2 Å². The fourth-order valence-electron chi connectivity index (χ4n) is 3.08. The quantitative estimate of drug-likeness (QED) is 0.345. The minimum atomic E-state index is -1.18. The molecule has 11 heteroatoms. The van der Waals surface area contributed by atoms with Crippen molar-refractivity contribution in [2.24, 2.45) is 0 Å². The molecule has 0 saturated carbocycles. The normalized spacial score (nSPS) is 12.0. The van der Waals surface area contributed by atoms with E-state index in [0.29, 0.717) is 29.7 Å². The summed E-state index contributed by atoms with van der Waals surface area (Å²) in [7, 11) is 2.92. The molecule has 1 heterocycles. The van der Waals surface area contributed by atoms with Crippen LogP contribution in [0.15, 0.2) is 27.4 Å². The van der Waals surface area contributed by atoms with E-state index in [1.54, 1.807) is 26.8 Å². The fraction of sp³-hybridized carbons (Fsp3) is 0.478. The summed E-state index contributed by atoms with van der Waals surface area (Å²) in [5.41, 5.74) is -1.47. The number of alkyl carbamates (subject to hydrolysis) is 1. The van der Waals surface area contributed by atoms with Gasteiger partial charge in [-0.2, -0.15) is 0 Å². The molecule has 1 aromatic carbocycles. The Balaban J connectivity index is 1.93. The Kier molecular flexibility index (Phi) is 8.88.